The largest absolute Gasteiger partial charge is 0.340 e. The number of nitrogens with one attached hydrogen (secondary N) is 1. The Kier molecular flexibility index (Phi) is 6.32. The Balaban J connectivity index is 0.00000210. The average Bonchev–Trinajstić information content (AvgIpc) is 3.17. The van der Waals surface area contributed by atoms with E-state index in [4.69, 9.17) is 0 Å². The van der Waals surface area contributed by atoms with E-state index in [1.807, 2.05) is 0 Å². The van der Waals surface area contributed by atoms with Crippen LogP contribution in [0.2, 0.25) is 0 Å². The summed E-state index contributed by atoms with van der Waals surface area (Å²) >= 11 is 1.01. The molecular weight excluding hydrogens is 410 g/mol. The molecule has 1 atom stereocenters. The SMILES string of the molecule is Cl.O=C(C1CCCNC1)N1CCN(S(=O)(=O)c2cccc3c2N=S=N3)CC1. The smallest absolute Gasteiger partial charge is 0.245 e. The van der Waals surface area contributed by atoms with E-state index >= 15 is 0 Å². The monoisotopic (exact) mass is 431 g/mol. The number of piperidine rings is 1. The van der Waals surface area contributed by atoms with Gasteiger partial charge in [0.15, 0.2) is 0 Å². The first-order valence-electron chi connectivity index (χ1n) is 8.78. The van der Waals surface area contributed by atoms with Crippen LogP contribution in [0, 0.1) is 5.92 Å². The van der Waals surface area contributed by atoms with Crippen molar-refractivity contribution >= 4 is 51.1 Å². The van der Waals surface area contributed by atoms with Gasteiger partial charge in [0.05, 0.1) is 17.3 Å². The zero-order chi connectivity index (χ0) is 18.1. The van der Waals surface area contributed by atoms with Crippen molar-refractivity contribution < 1.29 is 13.2 Å². The summed E-state index contributed by atoms with van der Waals surface area (Å²) in [7, 11) is -3.65. The van der Waals surface area contributed by atoms with Crippen LogP contribution in [0.15, 0.2) is 31.8 Å². The highest BCUT2D eigenvalue weighted by molar-refractivity contribution is 7.89. The van der Waals surface area contributed by atoms with Crippen molar-refractivity contribution in [3.05, 3.63) is 18.2 Å². The summed E-state index contributed by atoms with van der Waals surface area (Å²) in [4.78, 5) is 14.6. The molecule has 0 aliphatic carbocycles. The Hall–Kier alpha value is -1.33. The lowest BCUT2D eigenvalue weighted by Crippen LogP contribution is -2.53. The van der Waals surface area contributed by atoms with Crippen molar-refractivity contribution in [3.63, 3.8) is 0 Å². The number of sulfonamides is 1. The molecule has 3 aliphatic heterocycles. The molecule has 3 heterocycles. The summed E-state index contributed by atoms with van der Waals surface area (Å²) in [5, 5.41) is 3.26. The number of fused-ring (bicyclic) bond motifs is 1. The van der Waals surface area contributed by atoms with Crippen molar-refractivity contribution in [3.8, 4) is 0 Å². The molecule has 0 saturated carbocycles. The maximum atomic E-state index is 13.0. The van der Waals surface area contributed by atoms with Crippen molar-refractivity contribution in [1.82, 2.24) is 14.5 Å². The Morgan fingerprint density at radius 1 is 1.19 bits per heavy atom. The number of rotatable bonds is 3. The minimum Gasteiger partial charge on any atom is -0.340 e. The second kappa shape index (κ2) is 8.36. The summed E-state index contributed by atoms with van der Waals surface area (Å²) in [5.74, 6) is 0.154. The Morgan fingerprint density at radius 2 is 1.96 bits per heavy atom. The van der Waals surface area contributed by atoms with Gasteiger partial charge in [0.2, 0.25) is 15.9 Å². The van der Waals surface area contributed by atoms with E-state index in [1.54, 1.807) is 23.1 Å². The Bertz CT molecular complexity index is 887. The highest BCUT2D eigenvalue weighted by Gasteiger charge is 2.34. The Labute approximate surface area is 168 Å². The molecule has 1 N–H and O–H groups in total. The third-order valence-electron chi connectivity index (χ3n) is 5.06. The average molecular weight is 432 g/mol. The van der Waals surface area contributed by atoms with Crippen LogP contribution >= 0.6 is 12.4 Å². The molecule has 1 aromatic rings. The van der Waals surface area contributed by atoms with Crippen LogP contribution in [0.5, 0.6) is 0 Å². The van der Waals surface area contributed by atoms with Gasteiger partial charge in [-0.25, -0.2) is 8.42 Å². The van der Waals surface area contributed by atoms with E-state index in [0.717, 1.165) is 37.3 Å². The van der Waals surface area contributed by atoms with Crippen LogP contribution in [-0.2, 0) is 26.2 Å². The number of hydrogen-bond acceptors (Lipinski definition) is 6. The first-order valence-corrected chi connectivity index (χ1v) is 11.0. The topological polar surface area (TPSA) is 94.4 Å². The van der Waals surface area contributed by atoms with Crippen molar-refractivity contribution in [2.75, 3.05) is 39.3 Å². The zero-order valence-electron chi connectivity index (χ0n) is 14.7. The van der Waals surface area contributed by atoms with Crippen LogP contribution in [0.25, 0.3) is 0 Å². The van der Waals surface area contributed by atoms with Crippen molar-refractivity contribution in [2.24, 2.45) is 14.6 Å². The van der Waals surface area contributed by atoms with Gasteiger partial charge >= 0.3 is 0 Å². The molecule has 2 fully saturated rings. The molecule has 0 aromatic heterocycles. The number of carbonyl (C=O) groups excluding carboxylic acids is 1. The zero-order valence-corrected chi connectivity index (χ0v) is 17.2. The van der Waals surface area contributed by atoms with Crippen LogP contribution < -0.4 is 5.32 Å². The summed E-state index contributed by atoms with van der Waals surface area (Å²) in [5.41, 5.74) is 1.01. The molecule has 1 unspecified atom stereocenters. The van der Waals surface area contributed by atoms with Gasteiger partial charge in [-0.05, 0) is 31.5 Å². The highest BCUT2D eigenvalue weighted by Crippen LogP contribution is 2.38. The standard InChI is InChI=1S/C16H21N5O3S2.ClH/c22-16(12-3-2-6-17-11-12)20-7-9-21(10-8-20)26(23,24)14-5-1-4-13-15(14)19-25-18-13;/h1,4-5,12,17H,2-3,6-11H2;1H. The van der Waals surface area contributed by atoms with E-state index in [9.17, 15) is 13.2 Å². The number of hydrogen-bond donors (Lipinski definition) is 1. The van der Waals surface area contributed by atoms with E-state index in [1.165, 1.54) is 4.31 Å². The van der Waals surface area contributed by atoms with Crippen LogP contribution in [0.4, 0.5) is 11.4 Å². The number of benzene rings is 1. The number of halogens is 1. The lowest BCUT2D eigenvalue weighted by Gasteiger charge is -2.36. The number of carbonyl (C=O) groups is 1. The van der Waals surface area contributed by atoms with Crippen molar-refractivity contribution in [2.45, 2.75) is 17.7 Å². The van der Waals surface area contributed by atoms with Crippen LogP contribution in [-0.4, -0.2) is 62.8 Å². The lowest BCUT2D eigenvalue weighted by atomic mass is 9.98. The minimum atomic E-state index is -3.65. The minimum absolute atomic E-state index is 0. The fourth-order valence-electron chi connectivity index (χ4n) is 3.60. The predicted octanol–water partition coefficient (Wildman–Crippen LogP) is 1.67. The molecule has 8 nitrogen and oxygen atoms in total. The first-order chi connectivity index (χ1) is 12.6. The highest BCUT2D eigenvalue weighted by atomic mass is 35.5. The molecule has 1 aromatic carbocycles. The normalized spacial score (nSPS) is 22.7. The van der Waals surface area contributed by atoms with Gasteiger partial charge in [-0.1, -0.05) is 6.07 Å². The molecule has 2 saturated heterocycles. The summed E-state index contributed by atoms with van der Waals surface area (Å²) in [6.07, 6.45) is 1.92. The van der Waals surface area contributed by atoms with E-state index < -0.39 is 10.0 Å². The van der Waals surface area contributed by atoms with Crippen LogP contribution in [0.3, 0.4) is 0 Å². The fraction of sp³-hybridized carbons (Fsp3) is 0.562. The number of piperazine rings is 1. The van der Waals surface area contributed by atoms with E-state index in [0.29, 0.717) is 37.6 Å². The number of nitrogens with zero attached hydrogens (tertiary/aromatic N) is 4. The van der Waals surface area contributed by atoms with Gasteiger partial charge in [-0.15, -0.1) is 12.4 Å². The molecular formula is C16H22ClN5O3S2. The third-order valence-corrected chi connectivity index (χ3v) is 7.54. The third kappa shape index (κ3) is 3.95. The molecule has 27 heavy (non-hydrogen) atoms. The maximum absolute atomic E-state index is 13.0. The van der Waals surface area contributed by atoms with Gasteiger partial charge < -0.3 is 10.2 Å². The Morgan fingerprint density at radius 3 is 2.67 bits per heavy atom. The molecule has 3 aliphatic rings. The molecule has 1 amide bonds. The molecule has 0 bridgehead atoms. The fourth-order valence-corrected chi connectivity index (χ4v) is 5.77. The van der Waals surface area contributed by atoms with E-state index in [-0.39, 0.29) is 29.1 Å². The van der Waals surface area contributed by atoms with Gasteiger partial charge in [0.1, 0.15) is 16.3 Å². The maximum Gasteiger partial charge on any atom is 0.245 e. The molecule has 148 valence electrons. The molecule has 11 heteroatoms. The quantitative estimate of drug-likeness (QED) is 0.799. The number of amides is 1. The van der Waals surface area contributed by atoms with Gasteiger partial charge in [0, 0.05) is 32.7 Å². The second-order valence-corrected chi connectivity index (χ2v) is 9.10. The van der Waals surface area contributed by atoms with Crippen molar-refractivity contribution in [1.29, 1.82) is 0 Å². The van der Waals surface area contributed by atoms with Gasteiger partial charge in [-0.2, -0.15) is 13.0 Å². The second-order valence-electron chi connectivity index (χ2n) is 6.66. The molecule has 0 spiro atoms. The summed E-state index contributed by atoms with van der Waals surface area (Å²) in [6, 6.07) is 5.02. The summed E-state index contributed by atoms with van der Waals surface area (Å²) in [6.45, 7) is 3.16. The van der Waals surface area contributed by atoms with Gasteiger partial charge in [0.25, 0.3) is 0 Å². The molecule has 4 rings (SSSR count). The molecule has 0 radical (unpaired) electrons. The first kappa shape index (κ1) is 20.4. The van der Waals surface area contributed by atoms with E-state index in [2.05, 4.69) is 14.0 Å². The van der Waals surface area contributed by atoms with Gasteiger partial charge in [-0.3, -0.25) is 4.79 Å². The summed E-state index contributed by atoms with van der Waals surface area (Å²) < 4.78 is 35.8. The predicted molar refractivity (Wildman–Crippen MR) is 106 cm³/mol. The van der Waals surface area contributed by atoms with Crippen LogP contribution in [0.1, 0.15) is 12.8 Å². The lowest BCUT2D eigenvalue weighted by molar-refractivity contribution is -0.137.